The molecule has 0 aliphatic heterocycles. The number of hydrogen-bond acceptors (Lipinski definition) is 3. The number of halogens is 1. The van der Waals surface area contributed by atoms with Gasteiger partial charge in [-0.05, 0) is 71.1 Å². The second-order valence-corrected chi connectivity index (χ2v) is 11.5. The molecule has 1 unspecified atom stereocenters. The van der Waals surface area contributed by atoms with Crippen LogP contribution in [0.5, 0.6) is 0 Å². The minimum absolute atomic E-state index is 0.577. The van der Waals surface area contributed by atoms with E-state index in [1.807, 2.05) is 91.1 Å². The van der Waals surface area contributed by atoms with Crippen LogP contribution in [0.4, 0.5) is 4.39 Å². The number of aromatic nitrogens is 4. The number of benzene rings is 5. The Labute approximate surface area is 255 Å². The van der Waals surface area contributed by atoms with Crippen LogP contribution in [0.3, 0.4) is 0 Å². The molecule has 0 saturated heterocycles. The zero-order chi connectivity index (χ0) is 29.6. The van der Waals surface area contributed by atoms with Crippen molar-refractivity contribution in [2.24, 2.45) is 0 Å². The van der Waals surface area contributed by atoms with E-state index in [9.17, 15) is 0 Å². The molecule has 0 fully saturated rings. The Bertz CT molecular complexity index is 2810. The predicted molar refractivity (Wildman–Crippen MR) is 179 cm³/mol. The Hall–Kier alpha value is -6.01. The van der Waals surface area contributed by atoms with Crippen molar-refractivity contribution in [3.63, 3.8) is 0 Å². The molecule has 0 bridgehead atoms. The van der Waals surface area contributed by atoms with Gasteiger partial charge in [-0.3, -0.25) is 8.97 Å². The molecule has 0 amide bonds. The fourth-order valence-electron chi connectivity index (χ4n) is 7.17. The van der Waals surface area contributed by atoms with E-state index in [1.165, 1.54) is 0 Å². The summed E-state index contributed by atoms with van der Waals surface area (Å²) in [5.41, 5.74) is 7.41. The summed E-state index contributed by atoms with van der Waals surface area (Å²) in [6.07, 6.45) is 4.23. The van der Waals surface area contributed by atoms with E-state index in [0.29, 0.717) is 11.1 Å². The smallest absolute Gasteiger partial charge is 0.150 e. The van der Waals surface area contributed by atoms with E-state index in [2.05, 4.69) is 44.3 Å². The van der Waals surface area contributed by atoms with Crippen LogP contribution in [-0.2, 0) is 0 Å². The third-order valence-electron chi connectivity index (χ3n) is 9.12. The van der Waals surface area contributed by atoms with E-state index in [1.54, 1.807) is 12.4 Å². The summed E-state index contributed by atoms with van der Waals surface area (Å²) in [5.74, 6) is 0. The van der Waals surface area contributed by atoms with Crippen LogP contribution in [-0.4, -0.2) is 18.9 Å². The van der Waals surface area contributed by atoms with Crippen LogP contribution in [0.15, 0.2) is 138 Å². The molecule has 10 rings (SSSR count). The first-order valence-electron chi connectivity index (χ1n) is 15.0. The van der Waals surface area contributed by atoms with Crippen molar-refractivity contribution < 1.29 is 8.81 Å². The number of alkyl halides is 1. The van der Waals surface area contributed by atoms with Gasteiger partial charge in [0, 0.05) is 56.6 Å². The normalized spacial score (nSPS) is 12.9. The molecule has 5 nitrogen and oxygen atoms in total. The predicted octanol–water partition coefficient (Wildman–Crippen LogP) is 10.1. The quantitative estimate of drug-likeness (QED) is 0.195. The van der Waals surface area contributed by atoms with Crippen molar-refractivity contribution in [3.05, 3.63) is 145 Å². The number of pyridine rings is 2. The lowest BCUT2D eigenvalue weighted by Crippen LogP contribution is -2.00. The summed E-state index contributed by atoms with van der Waals surface area (Å²) in [6, 6.07) is 38.1. The first-order chi connectivity index (χ1) is 22.2. The van der Waals surface area contributed by atoms with Crippen molar-refractivity contribution in [2.45, 2.75) is 6.17 Å². The molecule has 0 radical (unpaired) electrons. The Morgan fingerprint density at radius 1 is 0.556 bits per heavy atom. The molecular weight excluding hydrogens is 559 g/mol. The number of para-hydroxylation sites is 2. The Balaban J connectivity index is 1.16. The van der Waals surface area contributed by atoms with Crippen molar-refractivity contribution in [1.29, 1.82) is 0 Å². The average Bonchev–Trinajstić information content (AvgIpc) is 3.82. The Morgan fingerprint density at radius 2 is 1.38 bits per heavy atom. The molecule has 0 spiro atoms. The highest BCUT2D eigenvalue weighted by molar-refractivity contribution is 6.27. The molecule has 5 aromatic carbocycles. The molecule has 0 aliphatic carbocycles. The molecule has 6 heteroatoms. The van der Waals surface area contributed by atoms with E-state index in [0.717, 1.165) is 76.9 Å². The van der Waals surface area contributed by atoms with Crippen LogP contribution in [0.25, 0.3) is 76.9 Å². The van der Waals surface area contributed by atoms with Gasteiger partial charge in [0.05, 0.1) is 11.0 Å². The van der Waals surface area contributed by atoms with E-state index in [-0.39, 0.29) is 0 Å². The molecule has 45 heavy (non-hydrogen) atoms. The minimum atomic E-state index is -1.33. The summed E-state index contributed by atoms with van der Waals surface area (Å²) in [4.78, 5) is 9.45. The fraction of sp³-hybridized carbons (Fsp3) is 0.0256. The van der Waals surface area contributed by atoms with E-state index in [4.69, 9.17) is 9.40 Å². The van der Waals surface area contributed by atoms with Gasteiger partial charge in [0.25, 0.3) is 0 Å². The van der Waals surface area contributed by atoms with Gasteiger partial charge < -0.3 is 4.42 Å². The maximum absolute atomic E-state index is 16.6. The monoisotopic (exact) mass is 582 g/mol. The Morgan fingerprint density at radius 3 is 2.33 bits per heavy atom. The largest absolute Gasteiger partial charge is 0.456 e. The van der Waals surface area contributed by atoms with Crippen LogP contribution < -0.4 is 0 Å². The summed E-state index contributed by atoms with van der Waals surface area (Å²) < 4.78 is 27.0. The van der Waals surface area contributed by atoms with Gasteiger partial charge in [0.1, 0.15) is 22.5 Å². The topological polar surface area (TPSA) is 48.3 Å². The van der Waals surface area contributed by atoms with Crippen molar-refractivity contribution in [2.75, 3.05) is 0 Å². The third-order valence-corrected chi connectivity index (χ3v) is 9.12. The molecule has 0 N–H and O–H groups in total. The highest BCUT2D eigenvalue weighted by atomic mass is 19.1. The summed E-state index contributed by atoms with van der Waals surface area (Å²) in [7, 11) is 0. The summed E-state index contributed by atoms with van der Waals surface area (Å²) in [6.45, 7) is 0. The van der Waals surface area contributed by atoms with Crippen LogP contribution in [0.2, 0.25) is 0 Å². The molecule has 5 aromatic heterocycles. The zero-order valence-electron chi connectivity index (χ0n) is 23.9. The lowest BCUT2D eigenvalue weighted by Gasteiger charge is -2.14. The van der Waals surface area contributed by atoms with Gasteiger partial charge in [-0.1, -0.05) is 60.7 Å². The summed E-state index contributed by atoms with van der Waals surface area (Å²) in [5, 5.41) is 7.33. The van der Waals surface area contributed by atoms with Crippen LogP contribution in [0, 0.1) is 0 Å². The van der Waals surface area contributed by atoms with E-state index >= 15 is 4.39 Å². The summed E-state index contributed by atoms with van der Waals surface area (Å²) >= 11 is 0. The standard InChI is InChI=1S/C39H23FN4O/c40-37(24-14-15-26-27-9-1-3-12-31(27)43-20-19-42-38(43)30(26)22-24)23-7-5-8-25(21-23)44-32-16-17-34-36(28-10-2-4-13-33(28)45-34)35(32)29-11-6-18-41-39(29)44/h1-22,37H. The molecule has 0 saturated carbocycles. The second kappa shape index (κ2) is 9.00. The van der Waals surface area contributed by atoms with E-state index < -0.39 is 6.17 Å². The first-order valence-corrected chi connectivity index (χ1v) is 15.0. The second-order valence-electron chi connectivity index (χ2n) is 11.5. The van der Waals surface area contributed by atoms with Crippen LogP contribution in [0.1, 0.15) is 17.3 Å². The van der Waals surface area contributed by atoms with Crippen molar-refractivity contribution in [1.82, 2.24) is 18.9 Å². The highest BCUT2D eigenvalue weighted by Crippen LogP contribution is 2.41. The molecule has 0 aliphatic rings. The van der Waals surface area contributed by atoms with Gasteiger partial charge >= 0.3 is 0 Å². The fourth-order valence-corrected chi connectivity index (χ4v) is 7.17. The molecule has 1 atom stereocenters. The number of fused-ring (bicyclic) bond motifs is 13. The Kier molecular flexibility index (Phi) is 4.89. The molecular formula is C39H23FN4O. The minimum Gasteiger partial charge on any atom is -0.456 e. The molecule has 10 aromatic rings. The maximum Gasteiger partial charge on any atom is 0.150 e. The lowest BCUT2D eigenvalue weighted by atomic mass is 9.98. The number of nitrogens with zero attached hydrogens (tertiary/aromatic N) is 4. The molecule has 5 heterocycles. The SMILES string of the molecule is FC(c1cccc(-n2c3ccc4oc5ccccc5c4c3c3cccnc32)c1)c1ccc2c3ccccc3n3ccnc3c2c1. The first kappa shape index (κ1) is 24.4. The van der Waals surface area contributed by atoms with Gasteiger partial charge in [-0.2, -0.15) is 0 Å². The van der Waals surface area contributed by atoms with Gasteiger partial charge in [-0.25, -0.2) is 14.4 Å². The number of imidazole rings is 1. The molecule has 212 valence electrons. The lowest BCUT2D eigenvalue weighted by molar-refractivity contribution is 0.402. The van der Waals surface area contributed by atoms with Gasteiger partial charge in [0.2, 0.25) is 0 Å². The van der Waals surface area contributed by atoms with Gasteiger partial charge in [0.15, 0.2) is 6.17 Å². The highest BCUT2D eigenvalue weighted by Gasteiger charge is 2.21. The van der Waals surface area contributed by atoms with Gasteiger partial charge in [-0.15, -0.1) is 0 Å². The maximum atomic E-state index is 16.6. The third kappa shape index (κ3) is 3.36. The number of rotatable bonds is 3. The number of hydrogen-bond donors (Lipinski definition) is 0. The van der Waals surface area contributed by atoms with Crippen molar-refractivity contribution in [3.8, 4) is 5.69 Å². The number of furan rings is 1. The average molecular weight is 583 g/mol. The zero-order valence-corrected chi connectivity index (χ0v) is 23.9. The van der Waals surface area contributed by atoms with Crippen LogP contribution >= 0.6 is 0 Å². The van der Waals surface area contributed by atoms with Crippen molar-refractivity contribution >= 4 is 71.2 Å².